The van der Waals surface area contributed by atoms with Crippen LogP contribution in [-0.4, -0.2) is 45.4 Å². The summed E-state index contributed by atoms with van der Waals surface area (Å²) in [7, 11) is 5.08. The number of aryl methyl sites for hydroxylation is 1. The van der Waals surface area contributed by atoms with E-state index in [0.717, 1.165) is 28.5 Å². The molecule has 0 radical (unpaired) electrons. The van der Waals surface area contributed by atoms with Crippen LogP contribution in [-0.2, 0) is 11.3 Å². The van der Waals surface area contributed by atoms with Crippen LogP contribution < -0.4 is 15.4 Å². The second kappa shape index (κ2) is 10.6. The Morgan fingerprint density at radius 2 is 2.00 bits per heavy atom. The third-order valence-corrected chi connectivity index (χ3v) is 3.00. The predicted molar refractivity (Wildman–Crippen MR) is 95.8 cm³/mol. The molecule has 1 aromatic heterocycles. The van der Waals surface area contributed by atoms with Gasteiger partial charge in [0.1, 0.15) is 5.75 Å². The van der Waals surface area contributed by atoms with E-state index in [1.54, 1.807) is 21.3 Å². The standard InChI is InChI=1S/C14H24N4O2.HI/c1-10-8-17-12(11(2)13(10)20-5)9-18-14(15-3)16-6-7-19-4;/h8H,6-7,9H2,1-5H3,(H2,15,16,18);1H. The molecule has 0 saturated heterocycles. The Morgan fingerprint density at radius 1 is 1.29 bits per heavy atom. The number of nitrogens with zero attached hydrogens (tertiary/aromatic N) is 2. The first-order valence-electron chi connectivity index (χ1n) is 6.56. The summed E-state index contributed by atoms with van der Waals surface area (Å²) in [6, 6.07) is 0. The second-order valence-electron chi connectivity index (χ2n) is 4.39. The zero-order valence-corrected chi connectivity index (χ0v) is 15.6. The molecule has 0 unspecified atom stereocenters. The third kappa shape index (κ3) is 6.04. The highest BCUT2D eigenvalue weighted by molar-refractivity contribution is 14.0. The Bertz CT molecular complexity index is 467. The van der Waals surface area contributed by atoms with Crippen LogP contribution >= 0.6 is 24.0 Å². The Balaban J connectivity index is 0.00000400. The molecule has 1 heterocycles. The van der Waals surface area contributed by atoms with Crippen molar-refractivity contribution in [2.45, 2.75) is 20.4 Å². The monoisotopic (exact) mass is 408 g/mol. The number of guanidine groups is 1. The van der Waals surface area contributed by atoms with E-state index in [2.05, 4.69) is 20.6 Å². The molecule has 0 saturated carbocycles. The quantitative estimate of drug-likeness (QED) is 0.324. The highest BCUT2D eigenvalue weighted by Crippen LogP contribution is 2.23. The molecule has 0 fully saturated rings. The number of aliphatic imine (C=N–C) groups is 1. The van der Waals surface area contributed by atoms with Crippen molar-refractivity contribution in [2.75, 3.05) is 34.4 Å². The Kier molecular flexibility index (Phi) is 10.1. The molecule has 1 rings (SSSR count). The smallest absolute Gasteiger partial charge is 0.191 e. The summed E-state index contributed by atoms with van der Waals surface area (Å²) in [5.74, 6) is 1.61. The maximum Gasteiger partial charge on any atom is 0.191 e. The molecular weight excluding hydrogens is 383 g/mol. The molecule has 1 aromatic rings. The van der Waals surface area contributed by atoms with Gasteiger partial charge in [-0.25, -0.2) is 0 Å². The summed E-state index contributed by atoms with van der Waals surface area (Å²) in [6.45, 7) is 5.93. The number of ether oxygens (including phenoxy) is 2. The highest BCUT2D eigenvalue weighted by atomic mass is 127. The first-order chi connectivity index (χ1) is 9.63. The van der Waals surface area contributed by atoms with Crippen LogP contribution in [0.1, 0.15) is 16.8 Å². The number of aromatic nitrogens is 1. The van der Waals surface area contributed by atoms with E-state index in [0.29, 0.717) is 19.7 Å². The molecular formula is C14H25IN4O2. The Labute approximate surface area is 143 Å². The van der Waals surface area contributed by atoms with Gasteiger partial charge >= 0.3 is 0 Å². The van der Waals surface area contributed by atoms with Gasteiger partial charge in [0, 0.05) is 38.0 Å². The summed E-state index contributed by atoms with van der Waals surface area (Å²) >= 11 is 0. The van der Waals surface area contributed by atoms with E-state index in [9.17, 15) is 0 Å². The topological polar surface area (TPSA) is 67.8 Å². The average Bonchev–Trinajstić information content (AvgIpc) is 2.45. The Hall–Kier alpha value is -1.09. The van der Waals surface area contributed by atoms with Crippen LogP contribution in [0.3, 0.4) is 0 Å². The van der Waals surface area contributed by atoms with E-state index in [1.165, 1.54) is 0 Å². The number of rotatable bonds is 6. The maximum atomic E-state index is 5.40. The van der Waals surface area contributed by atoms with E-state index in [-0.39, 0.29) is 24.0 Å². The summed E-state index contributed by atoms with van der Waals surface area (Å²) in [5, 5.41) is 6.38. The third-order valence-electron chi connectivity index (χ3n) is 3.00. The minimum absolute atomic E-state index is 0. The number of hydrogen-bond donors (Lipinski definition) is 2. The van der Waals surface area contributed by atoms with Crippen molar-refractivity contribution in [3.05, 3.63) is 23.0 Å². The lowest BCUT2D eigenvalue weighted by atomic mass is 10.1. The van der Waals surface area contributed by atoms with Crippen molar-refractivity contribution < 1.29 is 9.47 Å². The minimum atomic E-state index is 0. The van der Waals surface area contributed by atoms with Crippen molar-refractivity contribution >= 4 is 29.9 Å². The van der Waals surface area contributed by atoms with Crippen LogP contribution in [0, 0.1) is 13.8 Å². The van der Waals surface area contributed by atoms with Gasteiger partial charge in [-0.2, -0.15) is 0 Å². The number of nitrogens with one attached hydrogen (secondary N) is 2. The Morgan fingerprint density at radius 3 is 2.57 bits per heavy atom. The zero-order valence-electron chi connectivity index (χ0n) is 13.3. The molecule has 7 heteroatoms. The van der Waals surface area contributed by atoms with Crippen LogP contribution in [0.25, 0.3) is 0 Å². The minimum Gasteiger partial charge on any atom is -0.496 e. The first-order valence-corrected chi connectivity index (χ1v) is 6.56. The highest BCUT2D eigenvalue weighted by Gasteiger charge is 2.09. The van der Waals surface area contributed by atoms with Crippen molar-refractivity contribution in [1.82, 2.24) is 15.6 Å². The number of pyridine rings is 1. The van der Waals surface area contributed by atoms with E-state index >= 15 is 0 Å². The fourth-order valence-corrected chi connectivity index (χ4v) is 1.91. The fraction of sp³-hybridized carbons (Fsp3) is 0.571. The van der Waals surface area contributed by atoms with Gasteiger partial charge in [-0.15, -0.1) is 24.0 Å². The van der Waals surface area contributed by atoms with Crippen LogP contribution in [0.2, 0.25) is 0 Å². The molecule has 0 spiro atoms. The van der Waals surface area contributed by atoms with Crippen molar-refractivity contribution in [3.63, 3.8) is 0 Å². The first kappa shape index (κ1) is 19.9. The molecule has 120 valence electrons. The molecule has 0 amide bonds. The molecule has 0 aromatic carbocycles. The maximum absolute atomic E-state index is 5.40. The summed E-state index contributed by atoms with van der Waals surface area (Å²) < 4.78 is 10.4. The largest absolute Gasteiger partial charge is 0.496 e. The summed E-state index contributed by atoms with van der Waals surface area (Å²) in [4.78, 5) is 8.58. The van der Waals surface area contributed by atoms with Crippen LogP contribution in [0.4, 0.5) is 0 Å². The summed E-state index contributed by atoms with van der Waals surface area (Å²) in [6.07, 6.45) is 1.82. The van der Waals surface area contributed by atoms with E-state index in [4.69, 9.17) is 9.47 Å². The molecule has 0 bridgehead atoms. The van der Waals surface area contributed by atoms with Gasteiger partial charge in [0.25, 0.3) is 0 Å². The molecule has 0 aliphatic rings. The molecule has 0 aliphatic carbocycles. The van der Waals surface area contributed by atoms with Gasteiger partial charge in [-0.1, -0.05) is 0 Å². The van der Waals surface area contributed by atoms with Gasteiger partial charge in [0.2, 0.25) is 0 Å². The SMILES string of the molecule is CN=C(NCCOC)NCc1ncc(C)c(OC)c1C.I. The lowest BCUT2D eigenvalue weighted by Gasteiger charge is -2.15. The molecule has 6 nitrogen and oxygen atoms in total. The van der Waals surface area contributed by atoms with Gasteiger partial charge in [-0.3, -0.25) is 9.98 Å². The van der Waals surface area contributed by atoms with Crippen molar-refractivity contribution in [1.29, 1.82) is 0 Å². The lowest BCUT2D eigenvalue weighted by Crippen LogP contribution is -2.38. The van der Waals surface area contributed by atoms with E-state index in [1.807, 2.05) is 20.0 Å². The van der Waals surface area contributed by atoms with E-state index < -0.39 is 0 Å². The molecule has 0 aliphatic heterocycles. The van der Waals surface area contributed by atoms with Crippen LogP contribution in [0.5, 0.6) is 5.75 Å². The van der Waals surface area contributed by atoms with Gasteiger partial charge < -0.3 is 20.1 Å². The van der Waals surface area contributed by atoms with Gasteiger partial charge in [0.15, 0.2) is 5.96 Å². The number of halogens is 1. The fourth-order valence-electron chi connectivity index (χ4n) is 1.91. The predicted octanol–water partition coefficient (Wildman–Crippen LogP) is 1.64. The number of methoxy groups -OCH3 is 2. The second-order valence-corrected chi connectivity index (χ2v) is 4.39. The van der Waals surface area contributed by atoms with Gasteiger partial charge in [-0.05, 0) is 13.8 Å². The average molecular weight is 408 g/mol. The normalized spacial score (nSPS) is 10.8. The molecule has 21 heavy (non-hydrogen) atoms. The molecule has 0 atom stereocenters. The lowest BCUT2D eigenvalue weighted by molar-refractivity contribution is 0.203. The van der Waals surface area contributed by atoms with Crippen molar-refractivity contribution in [3.8, 4) is 5.75 Å². The van der Waals surface area contributed by atoms with Crippen LogP contribution in [0.15, 0.2) is 11.2 Å². The summed E-state index contributed by atoms with van der Waals surface area (Å²) in [5.41, 5.74) is 3.03. The van der Waals surface area contributed by atoms with Gasteiger partial charge in [0.05, 0.1) is 26.0 Å². The number of hydrogen-bond acceptors (Lipinski definition) is 4. The van der Waals surface area contributed by atoms with Crippen molar-refractivity contribution in [2.24, 2.45) is 4.99 Å². The zero-order chi connectivity index (χ0) is 15.0. The molecule has 2 N–H and O–H groups in total.